The van der Waals surface area contributed by atoms with E-state index in [1.807, 2.05) is 39.2 Å². The van der Waals surface area contributed by atoms with E-state index in [4.69, 9.17) is 4.74 Å². The lowest BCUT2D eigenvalue weighted by Gasteiger charge is -2.18. The molecule has 1 N–H and O–H groups in total. The molecule has 0 fully saturated rings. The van der Waals surface area contributed by atoms with E-state index < -0.39 is 0 Å². The van der Waals surface area contributed by atoms with Crippen molar-refractivity contribution in [1.82, 2.24) is 10.3 Å². The number of benzene rings is 1. The SMILES string of the molecule is CNC(Cc1cccc(F)c1)c1cncc(OC(C)C)c1. The Morgan fingerprint density at radius 3 is 2.71 bits per heavy atom. The van der Waals surface area contributed by atoms with Crippen molar-refractivity contribution in [3.8, 4) is 5.75 Å². The summed E-state index contributed by atoms with van der Waals surface area (Å²) >= 11 is 0. The van der Waals surface area contributed by atoms with Crippen LogP contribution in [0.3, 0.4) is 0 Å². The number of hydrogen-bond donors (Lipinski definition) is 1. The Bertz CT molecular complexity index is 587. The predicted octanol–water partition coefficient (Wildman–Crippen LogP) is 3.51. The van der Waals surface area contributed by atoms with Gasteiger partial charge in [0.05, 0.1) is 12.3 Å². The molecular weight excluding hydrogens is 267 g/mol. The van der Waals surface area contributed by atoms with Crippen molar-refractivity contribution < 1.29 is 9.13 Å². The number of aromatic nitrogens is 1. The maximum Gasteiger partial charge on any atom is 0.138 e. The third-order valence-corrected chi connectivity index (χ3v) is 3.19. The van der Waals surface area contributed by atoms with Gasteiger partial charge in [-0.25, -0.2) is 4.39 Å². The first-order valence-electron chi connectivity index (χ1n) is 7.12. The van der Waals surface area contributed by atoms with Gasteiger partial charge in [-0.3, -0.25) is 4.98 Å². The van der Waals surface area contributed by atoms with Crippen molar-refractivity contribution >= 4 is 0 Å². The van der Waals surface area contributed by atoms with Gasteiger partial charge in [-0.1, -0.05) is 12.1 Å². The average Bonchev–Trinajstić information content (AvgIpc) is 2.44. The topological polar surface area (TPSA) is 34.2 Å². The molecule has 1 atom stereocenters. The second kappa shape index (κ2) is 7.18. The Hall–Kier alpha value is -1.94. The zero-order valence-electron chi connectivity index (χ0n) is 12.6. The molecule has 0 radical (unpaired) electrons. The second-order valence-corrected chi connectivity index (χ2v) is 5.30. The van der Waals surface area contributed by atoms with Gasteiger partial charge < -0.3 is 10.1 Å². The Labute approximate surface area is 125 Å². The largest absolute Gasteiger partial charge is 0.489 e. The minimum atomic E-state index is -0.211. The quantitative estimate of drug-likeness (QED) is 0.883. The molecule has 0 amide bonds. The summed E-state index contributed by atoms with van der Waals surface area (Å²) in [7, 11) is 1.89. The molecule has 1 unspecified atom stereocenters. The highest BCUT2D eigenvalue weighted by atomic mass is 19.1. The highest BCUT2D eigenvalue weighted by molar-refractivity contribution is 5.28. The molecule has 1 aromatic heterocycles. The van der Waals surface area contributed by atoms with Crippen LogP contribution in [-0.4, -0.2) is 18.1 Å². The molecule has 2 rings (SSSR count). The highest BCUT2D eigenvalue weighted by Crippen LogP contribution is 2.22. The fourth-order valence-electron chi connectivity index (χ4n) is 2.25. The van der Waals surface area contributed by atoms with E-state index in [-0.39, 0.29) is 18.0 Å². The van der Waals surface area contributed by atoms with Crippen LogP contribution in [0.25, 0.3) is 0 Å². The Morgan fingerprint density at radius 1 is 1.24 bits per heavy atom. The molecule has 1 aromatic carbocycles. The van der Waals surface area contributed by atoms with Crippen molar-refractivity contribution in [3.63, 3.8) is 0 Å². The van der Waals surface area contributed by atoms with Gasteiger partial charge in [-0.2, -0.15) is 0 Å². The Morgan fingerprint density at radius 2 is 2.05 bits per heavy atom. The van der Waals surface area contributed by atoms with E-state index >= 15 is 0 Å². The van der Waals surface area contributed by atoms with Crippen LogP contribution >= 0.6 is 0 Å². The Kier molecular flexibility index (Phi) is 5.28. The van der Waals surface area contributed by atoms with E-state index in [1.54, 1.807) is 18.3 Å². The lowest BCUT2D eigenvalue weighted by atomic mass is 10.0. The van der Waals surface area contributed by atoms with Gasteiger partial charge in [-0.05, 0) is 56.6 Å². The fraction of sp³-hybridized carbons (Fsp3) is 0.353. The first-order valence-corrected chi connectivity index (χ1v) is 7.12. The number of nitrogens with zero attached hydrogens (tertiary/aromatic N) is 1. The molecule has 21 heavy (non-hydrogen) atoms. The molecule has 0 spiro atoms. The van der Waals surface area contributed by atoms with Crippen LogP contribution in [0.15, 0.2) is 42.7 Å². The van der Waals surface area contributed by atoms with Crippen LogP contribution in [0.4, 0.5) is 4.39 Å². The van der Waals surface area contributed by atoms with Gasteiger partial charge in [0.1, 0.15) is 11.6 Å². The van der Waals surface area contributed by atoms with Crippen molar-refractivity contribution in [2.24, 2.45) is 0 Å². The first kappa shape index (κ1) is 15.4. The summed E-state index contributed by atoms with van der Waals surface area (Å²) in [6.45, 7) is 3.96. The number of likely N-dealkylation sites (N-methyl/N-ethyl adjacent to an activating group) is 1. The van der Waals surface area contributed by atoms with Crippen LogP contribution in [0.1, 0.15) is 31.0 Å². The number of ether oxygens (including phenoxy) is 1. The summed E-state index contributed by atoms with van der Waals surface area (Å²) in [4.78, 5) is 4.23. The van der Waals surface area contributed by atoms with Crippen LogP contribution in [0.2, 0.25) is 0 Å². The van der Waals surface area contributed by atoms with Crippen molar-refractivity contribution in [1.29, 1.82) is 0 Å². The van der Waals surface area contributed by atoms with Crippen molar-refractivity contribution in [2.45, 2.75) is 32.4 Å². The van der Waals surface area contributed by atoms with E-state index in [0.29, 0.717) is 6.42 Å². The van der Waals surface area contributed by atoms with Gasteiger partial charge in [0.2, 0.25) is 0 Å². The van der Waals surface area contributed by atoms with Crippen LogP contribution in [0.5, 0.6) is 5.75 Å². The standard InChI is InChI=1S/C17H21FN2O/c1-12(2)21-16-9-14(10-20-11-16)17(19-3)8-13-5-4-6-15(18)7-13/h4-7,9-12,17,19H,8H2,1-3H3. The summed E-state index contributed by atoms with van der Waals surface area (Å²) in [6.07, 6.45) is 4.32. The molecule has 2 aromatic rings. The highest BCUT2D eigenvalue weighted by Gasteiger charge is 2.12. The molecule has 112 valence electrons. The van der Waals surface area contributed by atoms with Crippen LogP contribution < -0.4 is 10.1 Å². The molecule has 1 heterocycles. The zero-order chi connectivity index (χ0) is 15.2. The third-order valence-electron chi connectivity index (χ3n) is 3.19. The van der Waals surface area contributed by atoms with Gasteiger partial charge in [-0.15, -0.1) is 0 Å². The molecule has 4 heteroatoms. The summed E-state index contributed by atoms with van der Waals surface area (Å²) in [5.74, 6) is 0.541. The minimum Gasteiger partial charge on any atom is -0.489 e. The number of halogens is 1. The molecule has 0 aliphatic heterocycles. The summed E-state index contributed by atoms with van der Waals surface area (Å²) < 4.78 is 18.9. The monoisotopic (exact) mass is 288 g/mol. The zero-order valence-corrected chi connectivity index (χ0v) is 12.6. The predicted molar refractivity (Wildman–Crippen MR) is 81.9 cm³/mol. The smallest absolute Gasteiger partial charge is 0.138 e. The van der Waals surface area contributed by atoms with Crippen molar-refractivity contribution in [3.05, 3.63) is 59.7 Å². The average molecular weight is 288 g/mol. The minimum absolute atomic E-state index is 0.0648. The number of rotatable bonds is 6. The van der Waals surface area contributed by atoms with Gasteiger partial charge in [0.15, 0.2) is 0 Å². The second-order valence-electron chi connectivity index (χ2n) is 5.30. The third kappa shape index (κ3) is 4.53. The molecule has 0 aliphatic carbocycles. The van der Waals surface area contributed by atoms with Crippen LogP contribution in [0, 0.1) is 5.82 Å². The molecule has 0 saturated heterocycles. The molecule has 3 nitrogen and oxygen atoms in total. The van der Waals surface area contributed by atoms with E-state index in [9.17, 15) is 4.39 Å². The van der Waals surface area contributed by atoms with E-state index in [1.165, 1.54) is 6.07 Å². The first-order chi connectivity index (χ1) is 10.1. The summed E-state index contributed by atoms with van der Waals surface area (Å²) in [5, 5.41) is 3.25. The van der Waals surface area contributed by atoms with E-state index in [0.717, 1.165) is 16.9 Å². The normalized spacial score (nSPS) is 12.4. The number of nitrogens with one attached hydrogen (secondary N) is 1. The molecular formula is C17H21FN2O. The maximum absolute atomic E-state index is 13.3. The van der Waals surface area contributed by atoms with Gasteiger partial charge in [0, 0.05) is 12.2 Å². The summed E-state index contributed by atoms with van der Waals surface area (Å²) in [5.41, 5.74) is 1.98. The lowest BCUT2D eigenvalue weighted by molar-refractivity contribution is 0.241. The van der Waals surface area contributed by atoms with Gasteiger partial charge >= 0.3 is 0 Å². The van der Waals surface area contributed by atoms with Crippen molar-refractivity contribution in [2.75, 3.05) is 7.05 Å². The molecule has 0 bridgehead atoms. The van der Waals surface area contributed by atoms with Crippen LogP contribution in [-0.2, 0) is 6.42 Å². The number of pyridine rings is 1. The Balaban J connectivity index is 2.17. The number of hydrogen-bond acceptors (Lipinski definition) is 3. The lowest BCUT2D eigenvalue weighted by Crippen LogP contribution is -2.19. The van der Waals surface area contributed by atoms with E-state index in [2.05, 4.69) is 10.3 Å². The maximum atomic E-state index is 13.3. The summed E-state index contributed by atoms with van der Waals surface area (Å²) in [6, 6.07) is 8.72. The molecule has 0 aliphatic rings. The molecule has 0 saturated carbocycles. The van der Waals surface area contributed by atoms with Gasteiger partial charge in [0.25, 0.3) is 0 Å². The fourth-order valence-corrected chi connectivity index (χ4v) is 2.25.